The van der Waals surface area contributed by atoms with Crippen LogP contribution in [0.1, 0.15) is 39.2 Å². The SMILES string of the molecule is CCC(CC)NC(=O)C(C)Oc1c(F)cc(CO)cc1F. The Labute approximate surface area is 123 Å². The minimum Gasteiger partial charge on any atom is -0.475 e. The van der Waals surface area contributed by atoms with Crippen molar-refractivity contribution in [3.8, 4) is 5.75 Å². The van der Waals surface area contributed by atoms with Gasteiger partial charge in [0.15, 0.2) is 23.5 Å². The standard InChI is InChI=1S/C15H21F2NO3/c1-4-11(5-2)18-15(20)9(3)21-14-12(16)6-10(8-19)7-13(14)17/h6-7,9,11,19H,4-5,8H2,1-3H3,(H,18,20). The molecule has 0 aliphatic carbocycles. The molecule has 2 N–H and O–H groups in total. The summed E-state index contributed by atoms with van der Waals surface area (Å²) in [5.74, 6) is -2.92. The van der Waals surface area contributed by atoms with E-state index in [2.05, 4.69) is 5.32 Å². The van der Waals surface area contributed by atoms with E-state index in [0.29, 0.717) is 0 Å². The van der Waals surface area contributed by atoms with Gasteiger partial charge in [-0.05, 0) is 37.5 Å². The number of carbonyl (C=O) groups is 1. The monoisotopic (exact) mass is 301 g/mol. The number of amides is 1. The van der Waals surface area contributed by atoms with Gasteiger partial charge in [0, 0.05) is 6.04 Å². The number of hydrogen-bond donors (Lipinski definition) is 2. The Hall–Kier alpha value is -1.69. The first-order valence-corrected chi connectivity index (χ1v) is 6.98. The molecule has 0 saturated carbocycles. The van der Waals surface area contributed by atoms with E-state index in [1.807, 2.05) is 13.8 Å². The summed E-state index contributed by atoms with van der Waals surface area (Å²) in [6.45, 7) is 4.83. The molecule has 1 aromatic carbocycles. The fraction of sp³-hybridized carbons (Fsp3) is 0.533. The maximum atomic E-state index is 13.7. The third kappa shape index (κ3) is 4.67. The number of aliphatic hydroxyl groups excluding tert-OH is 1. The molecule has 1 amide bonds. The number of benzene rings is 1. The highest BCUT2D eigenvalue weighted by Gasteiger charge is 2.21. The van der Waals surface area contributed by atoms with Crippen molar-refractivity contribution >= 4 is 5.91 Å². The molecular formula is C15H21F2NO3. The minimum absolute atomic E-state index is 0.00927. The lowest BCUT2D eigenvalue weighted by molar-refractivity contribution is -0.128. The van der Waals surface area contributed by atoms with Crippen LogP contribution in [0.2, 0.25) is 0 Å². The summed E-state index contributed by atoms with van der Waals surface area (Å²) in [7, 11) is 0. The normalized spacial score (nSPS) is 12.3. The van der Waals surface area contributed by atoms with Gasteiger partial charge in [-0.1, -0.05) is 13.8 Å². The molecule has 0 fully saturated rings. The van der Waals surface area contributed by atoms with Crippen molar-refractivity contribution in [1.82, 2.24) is 5.32 Å². The maximum absolute atomic E-state index is 13.7. The quantitative estimate of drug-likeness (QED) is 0.813. The summed E-state index contributed by atoms with van der Waals surface area (Å²) < 4.78 is 32.5. The van der Waals surface area contributed by atoms with E-state index in [1.54, 1.807) is 0 Å². The topological polar surface area (TPSA) is 58.6 Å². The van der Waals surface area contributed by atoms with Gasteiger partial charge in [0.05, 0.1) is 6.61 Å². The third-order valence-electron chi connectivity index (χ3n) is 3.24. The fourth-order valence-electron chi connectivity index (χ4n) is 1.86. The predicted octanol–water partition coefficient (Wildman–Crippen LogP) is 2.53. The molecule has 0 spiro atoms. The summed E-state index contributed by atoms with van der Waals surface area (Å²) in [6, 6.07) is 1.96. The van der Waals surface area contributed by atoms with Crippen molar-refractivity contribution in [2.75, 3.05) is 0 Å². The van der Waals surface area contributed by atoms with Gasteiger partial charge in [0.25, 0.3) is 5.91 Å². The summed E-state index contributed by atoms with van der Waals surface area (Å²) in [5.41, 5.74) is 0.103. The average molecular weight is 301 g/mol. The smallest absolute Gasteiger partial charge is 0.260 e. The van der Waals surface area contributed by atoms with Gasteiger partial charge >= 0.3 is 0 Å². The molecule has 0 aliphatic heterocycles. The first-order valence-electron chi connectivity index (χ1n) is 6.98. The van der Waals surface area contributed by atoms with Crippen LogP contribution in [-0.2, 0) is 11.4 Å². The lowest BCUT2D eigenvalue weighted by atomic mass is 10.1. The molecule has 0 saturated heterocycles. The van der Waals surface area contributed by atoms with E-state index in [1.165, 1.54) is 6.92 Å². The largest absolute Gasteiger partial charge is 0.475 e. The van der Waals surface area contributed by atoms with Crippen LogP contribution < -0.4 is 10.1 Å². The lowest BCUT2D eigenvalue weighted by Gasteiger charge is -2.20. The molecular weight excluding hydrogens is 280 g/mol. The van der Waals surface area contributed by atoms with E-state index >= 15 is 0 Å². The van der Waals surface area contributed by atoms with Crippen LogP contribution in [0.4, 0.5) is 8.78 Å². The van der Waals surface area contributed by atoms with Gasteiger partial charge in [0.1, 0.15) is 0 Å². The minimum atomic E-state index is -1.02. The molecule has 0 aromatic heterocycles. The van der Waals surface area contributed by atoms with Crippen LogP contribution in [0.15, 0.2) is 12.1 Å². The Balaban J connectivity index is 2.79. The van der Waals surface area contributed by atoms with Crippen LogP contribution in [0.5, 0.6) is 5.75 Å². The second kappa shape index (κ2) is 7.93. The molecule has 0 radical (unpaired) electrons. The van der Waals surface area contributed by atoms with E-state index in [9.17, 15) is 13.6 Å². The number of hydrogen-bond acceptors (Lipinski definition) is 3. The number of halogens is 2. The van der Waals surface area contributed by atoms with Crippen molar-refractivity contribution in [2.24, 2.45) is 0 Å². The summed E-state index contributed by atoms with van der Waals surface area (Å²) in [4.78, 5) is 11.9. The van der Waals surface area contributed by atoms with E-state index in [4.69, 9.17) is 9.84 Å². The van der Waals surface area contributed by atoms with Gasteiger partial charge in [-0.15, -0.1) is 0 Å². The second-order valence-electron chi connectivity index (χ2n) is 4.83. The molecule has 118 valence electrons. The van der Waals surface area contributed by atoms with Gasteiger partial charge in [-0.25, -0.2) is 8.78 Å². The van der Waals surface area contributed by atoms with Crippen molar-refractivity contribution in [2.45, 2.75) is 52.4 Å². The Morgan fingerprint density at radius 2 is 1.81 bits per heavy atom. The molecule has 21 heavy (non-hydrogen) atoms. The third-order valence-corrected chi connectivity index (χ3v) is 3.24. The summed E-state index contributed by atoms with van der Waals surface area (Å²) in [5, 5.41) is 11.6. The Morgan fingerprint density at radius 3 is 2.24 bits per heavy atom. The fourth-order valence-corrected chi connectivity index (χ4v) is 1.86. The van der Waals surface area contributed by atoms with Gasteiger partial charge in [-0.2, -0.15) is 0 Å². The molecule has 4 nitrogen and oxygen atoms in total. The van der Waals surface area contributed by atoms with Crippen LogP contribution in [0, 0.1) is 11.6 Å². The van der Waals surface area contributed by atoms with Crippen LogP contribution >= 0.6 is 0 Å². The number of ether oxygens (including phenoxy) is 1. The highest BCUT2D eigenvalue weighted by atomic mass is 19.1. The first kappa shape index (κ1) is 17.4. The van der Waals surface area contributed by atoms with Gasteiger partial charge in [0.2, 0.25) is 0 Å². The van der Waals surface area contributed by atoms with Gasteiger partial charge in [-0.3, -0.25) is 4.79 Å². The number of aliphatic hydroxyl groups is 1. The van der Waals surface area contributed by atoms with Crippen molar-refractivity contribution in [3.63, 3.8) is 0 Å². The van der Waals surface area contributed by atoms with E-state index in [0.717, 1.165) is 25.0 Å². The van der Waals surface area contributed by atoms with Crippen molar-refractivity contribution < 1.29 is 23.4 Å². The predicted molar refractivity (Wildman–Crippen MR) is 74.9 cm³/mol. The highest BCUT2D eigenvalue weighted by Crippen LogP contribution is 2.24. The molecule has 6 heteroatoms. The molecule has 1 unspecified atom stereocenters. The second-order valence-corrected chi connectivity index (χ2v) is 4.83. The summed E-state index contributed by atoms with van der Waals surface area (Å²) in [6.07, 6.45) is 0.515. The van der Waals surface area contributed by atoms with E-state index in [-0.39, 0.29) is 11.6 Å². The lowest BCUT2D eigenvalue weighted by Crippen LogP contribution is -2.42. The molecule has 1 aromatic rings. The van der Waals surface area contributed by atoms with E-state index < -0.39 is 36.0 Å². The zero-order chi connectivity index (χ0) is 16.0. The molecule has 0 heterocycles. The Morgan fingerprint density at radius 1 is 1.29 bits per heavy atom. The van der Waals surface area contributed by atoms with Gasteiger partial charge < -0.3 is 15.2 Å². The Bertz CT molecular complexity index is 467. The summed E-state index contributed by atoms with van der Waals surface area (Å²) >= 11 is 0. The molecule has 1 atom stereocenters. The molecule has 1 rings (SSSR count). The number of rotatable bonds is 7. The van der Waals surface area contributed by atoms with Crippen molar-refractivity contribution in [1.29, 1.82) is 0 Å². The average Bonchev–Trinajstić information content (AvgIpc) is 2.47. The number of carbonyl (C=O) groups excluding carboxylic acids is 1. The van der Waals surface area contributed by atoms with Crippen LogP contribution in [-0.4, -0.2) is 23.2 Å². The Kier molecular flexibility index (Phi) is 6.55. The van der Waals surface area contributed by atoms with Crippen LogP contribution in [0.25, 0.3) is 0 Å². The number of nitrogens with one attached hydrogen (secondary N) is 1. The first-order chi connectivity index (χ1) is 9.92. The molecule has 0 bridgehead atoms. The van der Waals surface area contributed by atoms with Crippen molar-refractivity contribution in [3.05, 3.63) is 29.3 Å². The molecule has 0 aliphatic rings. The highest BCUT2D eigenvalue weighted by molar-refractivity contribution is 5.81. The maximum Gasteiger partial charge on any atom is 0.260 e. The zero-order valence-electron chi connectivity index (χ0n) is 12.5. The zero-order valence-corrected chi connectivity index (χ0v) is 12.5. The van der Waals surface area contributed by atoms with Crippen LogP contribution in [0.3, 0.4) is 0 Å².